The predicted octanol–water partition coefficient (Wildman–Crippen LogP) is 1.88. The van der Waals surface area contributed by atoms with E-state index in [1.165, 1.54) is 12.1 Å². The monoisotopic (exact) mass is 248 g/mol. The van der Waals surface area contributed by atoms with Gasteiger partial charge in [0, 0.05) is 18.3 Å². The van der Waals surface area contributed by atoms with Crippen LogP contribution in [0.25, 0.3) is 0 Å². The average molecular weight is 248 g/mol. The van der Waals surface area contributed by atoms with Crippen LogP contribution in [0, 0.1) is 21.4 Å². The Kier molecular flexibility index (Phi) is 5.61. The number of nitro benzene ring substituents is 1. The van der Waals surface area contributed by atoms with E-state index in [0.29, 0.717) is 0 Å². The third-order valence-electron chi connectivity index (χ3n) is 2.42. The van der Waals surface area contributed by atoms with Crippen LogP contribution in [0.3, 0.4) is 0 Å². The fourth-order valence-corrected chi connectivity index (χ4v) is 1.52. The van der Waals surface area contributed by atoms with E-state index in [9.17, 15) is 10.1 Å². The summed E-state index contributed by atoms with van der Waals surface area (Å²) in [6.07, 6.45) is 0.951. The normalized spacial score (nSPS) is 9.78. The van der Waals surface area contributed by atoms with Crippen molar-refractivity contribution >= 4 is 11.4 Å². The fraction of sp³-hybridized carbons (Fsp3) is 0.417. The first-order valence-corrected chi connectivity index (χ1v) is 5.82. The van der Waals surface area contributed by atoms with Gasteiger partial charge in [-0.05, 0) is 31.6 Å². The van der Waals surface area contributed by atoms with Crippen molar-refractivity contribution in [3.05, 3.63) is 33.9 Å². The third kappa shape index (κ3) is 4.03. The van der Waals surface area contributed by atoms with E-state index in [2.05, 4.69) is 10.6 Å². The van der Waals surface area contributed by atoms with Crippen molar-refractivity contribution in [1.29, 1.82) is 5.26 Å². The van der Waals surface area contributed by atoms with Gasteiger partial charge in [0.05, 0.1) is 4.92 Å². The lowest BCUT2D eigenvalue weighted by molar-refractivity contribution is -0.385. The molecular weight excluding hydrogens is 232 g/mol. The van der Waals surface area contributed by atoms with Crippen LogP contribution in [-0.2, 0) is 0 Å². The number of nitrogens with one attached hydrogen (secondary N) is 2. The van der Waals surface area contributed by atoms with Crippen LogP contribution in [0.5, 0.6) is 0 Å². The van der Waals surface area contributed by atoms with Crippen molar-refractivity contribution in [2.24, 2.45) is 0 Å². The van der Waals surface area contributed by atoms with E-state index in [4.69, 9.17) is 5.26 Å². The van der Waals surface area contributed by atoms with Gasteiger partial charge in [-0.15, -0.1) is 0 Å². The number of hydrogen-bond acceptors (Lipinski definition) is 5. The molecule has 0 saturated heterocycles. The summed E-state index contributed by atoms with van der Waals surface area (Å²) < 4.78 is 0. The van der Waals surface area contributed by atoms with E-state index in [0.717, 1.165) is 31.7 Å². The molecule has 0 aliphatic heterocycles. The molecule has 18 heavy (non-hydrogen) atoms. The van der Waals surface area contributed by atoms with Crippen molar-refractivity contribution in [3.63, 3.8) is 0 Å². The smallest absolute Gasteiger partial charge is 0.287 e. The summed E-state index contributed by atoms with van der Waals surface area (Å²) in [5, 5.41) is 25.8. The molecule has 0 spiro atoms. The van der Waals surface area contributed by atoms with Crippen LogP contribution >= 0.6 is 0 Å². The van der Waals surface area contributed by atoms with E-state index < -0.39 is 4.92 Å². The Hall–Kier alpha value is -2.13. The SMILES string of the molecule is CCNCCCNc1ccc([N+](=O)[O-])c(C#N)c1. The largest absolute Gasteiger partial charge is 0.385 e. The van der Waals surface area contributed by atoms with Crippen molar-refractivity contribution in [3.8, 4) is 6.07 Å². The number of hydrogen-bond donors (Lipinski definition) is 2. The molecule has 0 aliphatic rings. The maximum atomic E-state index is 10.6. The molecule has 0 fully saturated rings. The Balaban J connectivity index is 2.58. The number of nitriles is 1. The Morgan fingerprint density at radius 2 is 2.22 bits per heavy atom. The summed E-state index contributed by atoms with van der Waals surface area (Å²) in [6, 6.07) is 6.31. The van der Waals surface area contributed by atoms with E-state index in [1.54, 1.807) is 6.07 Å². The van der Waals surface area contributed by atoms with Gasteiger partial charge in [0.25, 0.3) is 5.69 Å². The molecule has 2 N–H and O–H groups in total. The standard InChI is InChI=1S/C12H16N4O2/c1-2-14-6-3-7-15-11-4-5-12(16(17)18)10(8-11)9-13/h4-5,8,14-15H,2-3,6-7H2,1H3. The summed E-state index contributed by atoms with van der Waals surface area (Å²) in [5.41, 5.74) is 0.654. The highest BCUT2D eigenvalue weighted by Gasteiger charge is 2.13. The molecule has 0 unspecified atom stereocenters. The lowest BCUT2D eigenvalue weighted by Crippen LogP contribution is -2.17. The van der Waals surface area contributed by atoms with Gasteiger partial charge in [-0.25, -0.2) is 0 Å². The molecule has 6 heteroatoms. The van der Waals surface area contributed by atoms with Crippen LogP contribution in [-0.4, -0.2) is 24.6 Å². The maximum Gasteiger partial charge on any atom is 0.287 e. The molecule has 0 aromatic heterocycles. The van der Waals surface area contributed by atoms with Crippen LogP contribution < -0.4 is 10.6 Å². The van der Waals surface area contributed by atoms with Crippen molar-refractivity contribution < 1.29 is 4.92 Å². The van der Waals surface area contributed by atoms with E-state index in [1.807, 2.05) is 13.0 Å². The minimum Gasteiger partial charge on any atom is -0.385 e. The highest BCUT2D eigenvalue weighted by Crippen LogP contribution is 2.21. The number of nitro groups is 1. The Bertz CT molecular complexity index is 454. The Labute approximate surface area is 106 Å². The lowest BCUT2D eigenvalue weighted by Gasteiger charge is -2.07. The maximum absolute atomic E-state index is 10.6. The second-order valence-electron chi connectivity index (χ2n) is 3.73. The zero-order chi connectivity index (χ0) is 13.4. The number of benzene rings is 1. The Morgan fingerprint density at radius 1 is 1.44 bits per heavy atom. The molecular formula is C12H16N4O2. The summed E-state index contributed by atoms with van der Waals surface area (Å²) in [6.45, 7) is 4.66. The number of nitrogens with zero attached hydrogens (tertiary/aromatic N) is 2. The van der Waals surface area contributed by atoms with Crippen molar-refractivity contribution in [1.82, 2.24) is 5.32 Å². The van der Waals surface area contributed by atoms with Gasteiger partial charge < -0.3 is 10.6 Å². The number of anilines is 1. The minimum absolute atomic E-state index is 0.0803. The molecule has 6 nitrogen and oxygen atoms in total. The Morgan fingerprint density at radius 3 is 2.83 bits per heavy atom. The molecule has 0 radical (unpaired) electrons. The molecule has 0 bridgehead atoms. The van der Waals surface area contributed by atoms with Crippen LogP contribution in [0.4, 0.5) is 11.4 Å². The summed E-state index contributed by atoms with van der Waals surface area (Å²) in [5.74, 6) is 0. The first-order valence-electron chi connectivity index (χ1n) is 5.82. The first kappa shape index (κ1) is 13.9. The zero-order valence-electron chi connectivity index (χ0n) is 10.3. The van der Waals surface area contributed by atoms with Gasteiger partial charge in [0.15, 0.2) is 0 Å². The van der Waals surface area contributed by atoms with E-state index >= 15 is 0 Å². The molecule has 1 rings (SSSR count). The molecule has 0 heterocycles. The molecule has 0 atom stereocenters. The fourth-order valence-electron chi connectivity index (χ4n) is 1.52. The second-order valence-corrected chi connectivity index (χ2v) is 3.73. The second kappa shape index (κ2) is 7.25. The molecule has 1 aromatic rings. The van der Waals surface area contributed by atoms with Crippen LogP contribution in [0.2, 0.25) is 0 Å². The van der Waals surface area contributed by atoms with Crippen LogP contribution in [0.15, 0.2) is 18.2 Å². The van der Waals surface area contributed by atoms with Gasteiger partial charge in [0.1, 0.15) is 11.6 Å². The highest BCUT2D eigenvalue weighted by molar-refractivity contribution is 5.58. The summed E-state index contributed by atoms with van der Waals surface area (Å²) >= 11 is 0. The van der Waals surface area contributed by atoms with Gasteiger partial charge in [-0.2, -0.15) is 5.26 Å². The summed E-state index contributed by atoms with van der Waals surface area (Å²) in [7, 11) is 0. The van der Waals surface area contributed by atoms with Crippen LogP contribution in [0.1, 0.15) is 18.9 Å². The predicted molar refractivity (Wildman–Crippen MR) is 69.5 cm³/mol. The molecule has 0 aliphatic carbocycles. The van der Waals surface area contributed by atoms with E-state index in [-0.39, 0.29) is 11.3 Å². The lowest BCUT2D eigenvalue weighted by atomic mass is 10.1. The molecule has 0 amide bonds. The average Bonchev–Trinajstić information content (AvgIpc) is 2.38. The molecule has 96 valence electrons. The van der Waals surface area contributed by atoms with Crippen molar-refractivity contribution in [2.45, 2.75) is 13.3 Å². The third-order valence-corrected chi connectivity index (χ3v) is 2.42. The van der Waals surface area contributed by atoms with Gasteiger partial charge >= 0.3 is 0 Å². The van der Waals surface area contributed by atoms with Gasteiger partial charge in [-0.1, -0.05) is 6.92 Å². The molecule has 0 saturated carbocycles. The zero-order valence-corrected chi connectivity index (χ0v) is 10.3. The van der Waals surface area contributed by atoms with Gasteiger partial charge in [0.2, 0.25) is 0 Å². The van der Waals surface area contributed by atoms with Gasteiger partial charge in [-0.3, -0.25) is 10.1 Å². The minimum atomic E-state index is -0.548. The summed E-state index contributed by atoms with van der Waals surface area (Å²) in [4.78, 5) is 10.1. The first-order chi connectivity index (χ1) is 8.69. The molecule has 1 aromatic carbocycles. The van der Waals surface area contributed by atoms with Crippen molar-refractivity contribution in [2.75, 3.05) is 25.0 Å². The highest BCUT2D eigenvalue weighted by atomic mass is 16.6. The number of rotatable bonds is 7. The quantitative estimate of drug-likeness (QED) is 0.436. The topological polar surface area (TPSA) is 91.0 Å².